The highest BCUT2D eigenvalue weighted by molar-refractivity contribution is 4.90. The van der Waals surface area contributed by atoms with Gasteiger partial charge in [0.1, 0.15) is 0 Å². The summed E-state index contributed by atoms with van der Waals surface area (Å²) in [6.45, 7) is 2.39. The molecule has 1 nitrogen and oxygen atoms in total. The molecule has 0 heterocycles. The smallest absolute Gasteiger partial charge is 0.0576 e. The van der Waals surface area contributed by atoms with Crippen LogP contribution >= 0.6 is 0 Å². The largest absolute Gasteiger partial charge is 0.381 e. The first-order valence-electron chi connectivity index (χ1n) is 4.82. The summed E-state index contributed by atoms with van der Waals surface area (Å²) in [5.74, 6) is 3.01. The van der Waals surface area contributed by atoms with Crippen LogP contribution in [0.2, 0.25) is 0 Å². The molecule has 2 rings (SSSR count). The minimum Gasteiger partial charge on any atom is -0.381 e. The lowest BCUT2D eigenvalue weighted by Crippen LogP contribution is -2.06. The van der Waals surface area contributed by atoms with Gasteiger partial charge in [-0.05, 0) is 43.4 Å². The van der Waals surface area contributed by atoms with E-state index in [-0.39, 0.29) is 0 Å². The van der Waals surface area contributed by atoms with E-state index >= 15 is 0 Å². The maximum absolute atomic E-state index is 5.38. The van der Waals surface area contributed by atoms with Crippen LogP contribution < -0.4 is 0 Å². The van der Waals surface area contributed by atoms with E-state index in [0.29, 0.717) is 6.10 Å². The third-order valence-electron chi connectivity index (χ3n) is 3.54. The Labute approximate surface area is 69.1 Å². The first kappa shape index (κ1) is 7.60. The molecular formula is C10H18O. The van der Waals surface area contributed by atoms with Crippen molar-refractivity contribution < 1.29 is 4.74 Å². The Hall–Kier alpha value is -0.0400. The highest BCUT2D eigenvalue weighted by Crippen LogP contribution is 2.47. The van der Waals surface area contributed by atoms with E-state index < -0.39 is 0 Å². The summed E-state index contributed by atoms with van der Waals surface area (Å²) in [5, 5.41) is 0. The Morgan fingerprint density at radius 1 is 1.00 bits per heavy atom. The van der Waals surface area contributed by atoms with Gasteiger partial charge in [-0.1, -0.05) is 6.92 Å². The van der Waals surface area contributed by atoms with E-state index in [0.717, 1.165) is 17.8 Å². The van der Waals surface area contributed by atoms with Crippen LogP contribution in [0.3, 0.4) is 0 Å². The van der Waals surface area contributed by atoms with Gasteiger partial charge in [-0.25, -0.2) is 0 Å². The van der Waals surface area contributed by atoms with Crippen molar-refractivity contribution >= 4 is 0 Å². The fourth-order valence-electron chi connectivity index (χ4n) is 3.06. The highest BCUT2D eigenvalue weighted by Gasteiger charge is 2.39. The molecule has 0 radical (unpaired) electrons. The minimum atomic E-state index is 0.595. The van der Waals surface area contributed by atoms with Crippen molar-refractivity contribution in [3.8, 4) is 0 Å². The van der Waals surface area contributed by atoms with E-state index in [2.05, 4.69) is 6.92 Å². The summed E-state index contributed by atoms with van der Waals surface area (Å²) < 4.78 is 5.38. The van der Waals surface area contributed by atoms with E-state index in [4.69, 9.17) is 4.74 Å². The topological polar surface area (TPSA) is 9.23 Å². The van der Waals surface area contributed by atoms with Crippen LogP contribution in [0, 0.1) is 17.8 Å². The van der Waals surface area contributed by atoms with Gasteiger partial charge in [-0.2, -0.15) is 0 Å². The van der Waals surface area contributed by atoms with Gasteiger partial charge in [-0.3, -0.25) is 0 Å². The van der Waals surface area contributed by atoms with Crippen molar-refractivity contribution in [1.29, 1.82) is 0 Å². The van der Waals surface area contributed by atoms with Crippen LogP contribution in [0.15, 0.2) is 0 Å². The van der Waals surface area contributed by atoms with E-state index in [1.807, 2.05) is 7.11 Å². The molecular weight excluding hydrogens is 136 g/mol. The molecule has 64 valence electrons. The van der Waals surface area contributed by atoms with Gasteiger partial charge in [0, 0.05) is 7.11 Å². The number of methoxy groups -OCH3 is 1. The summed E-state index contributed by atoms with van der Waals surface area (Å²) in [4.78, 5) is 0. The first-order chi connectivity index (χ1) is 5.29. The van der Waals surface area contributed by atoms with Crippen molar-refractivity contribution in [3.05, 3.63) is 0 Å². The quantitative estimate of drug-likeness (QED) is 0.563. The Morgan fingerprint density at radius 3 is 2.00 bits per heavy atom. The average Bonchev–Trinajstić information content (AvgIpc) is 2.43. The maximum Gasteiger partial charge on any atom is 0.0576 e. The molecule has 0 spiro atoms. The molecule has 2 aliphatic carbocycles. The van der Waals surface area contributed by atoms with E-state index in [1.165, 1.54) is 25.7 Å². The second kappa shape index (κ2) is 2.78. The van der Waals surface area contributed by atoms with Crippen LogP contribution in [0.1, 0.15) is 32.6 Å². The zero-order valence-electron chi connectivity index (χ0n) is 7.55. The Kier molecular flexibility index (Phi) is 1.92. The molecule has 0 N–H and O–H groups in total. The summed E-state index contributed by atoms with van der Waals surface area (Å²) >= 11 is 0. The number of hydrogen-bond donors (Lipinski definition) is 0. The van der Waals surface area contributed by atoms with Gasteiger partial charge in [0.15, 0.2) is 0 Å². The van der Waals surface area contributed by atoms with Crippen molar-refractivity contribution in [2.24, 2.45) is 17.8 Å². The van der Waals surface area contributed by atoms with Crippen LogP contribution in [-0.2, 0) is 4.74 Å². The molecule has 11 heavy (non-hydrogen) atoms. The molecule has 1 heteroatoms. The molecule has 0 aliphatic heterocycles. The summed E-state index contributed by atoms with van der Waals surface area (Å²) in [6, 6.07) is 0. The lowest BCUT2D eigenvalue weighted by molar-refractivity contribution is 0.0998. The zero-order chi connectivity index (χ0) is 7.84. The summed E-state index contributed by atoms with van der Waals surface area (Å²) in [5.41, 5.74) is 0. The molecule has 0 aromatic heterocycles. The Morgan fingerprint density at radius 2 is 1.55 bits per heavy atom. The van der Waals surface area contributed by atoms with Crippen LogP contribution in [0.4, 0.5) is 0 Å². The van der Waals surface area contributed by atoms with Crippen molar-refractivity contribution in [2.45, 2.75) is 38.7 Å². The van der Waals surface area contributed by atoms with Gasteiger partial charge >= 0.3 is 0 Å². The van der Waals surface area contributed by atoms with Gasteiger partial charge in [0.05, 0.1) is 6.10 Å². The molecule has 2 saturated carbocycles. The molecule has 2 atom stereocenters. The lowest BCUT2D eigenvalue weighted by Gasteiger charge is -2.09. The fraction of sp³-hybridized carbons (Fsp3) is 1.00. The van der Waals surface area contributed by atoms with E-state index in [9.17, 15) is 0 Å². The van der Waals surface area contributed by atoms with Gasteiger partial charge < -0.3 is 4.74 Å². The van der Waals surface area contributed by atoms with Gasteiger partial charge in [0.25, 0.3) is 0 Å². The number of rotatable bonds is 1. The predicted molar refractivity (Wildman–Crippen MR) is 45.4 cm³/mol. The van der Waals surface area contributed by atoms with E-state index in [1.54, 1.807) is 0 Å². The van der Waals surface area contributed by atoms with Crippen LogP contribution in [-0.4, -0.2) is 13.2 Å². The average molecular weight is 154 g/mol. The fourth-order valence-corrected chi connectivity index (χ4v) is 3.06. The molecule has 0 amide bonds. The van der Waals surface area contributed by atoms with Crippen molar-refractivity contribution in [2.75, 3.05) is 7.11 Å². The van der Waals surface area contributed by atoms with Crippen LogP contribution in [0.5, 0.6) is 0 Å². The third-order valence-corrected chi connectivity index (χ3v) is 3.54. The first-order valence-corrected chi connectivity index (χ1v) is 4.82. The second-order valence-corrected chi connectivity index (χ2v) is 4.43. The van der Waals surface area contributed by atoms with Crippen molar-refractivity contribution in [1.82, 2.24) is 0 Å². The number of ether oxygens (including phenoxy) is 1. The predicted octanol–water partition coefficient (Wildman–Crippen LogP) is 2.46. The SMILES string of the molecule is CO[C@H]1CC2C[C@@H](C)CC2C1. The zero-order valence-corrected chi connectivity index (χ0v) is 7.55. The molecule has 0 aromatic rings. The summed E-state index contributed by atoms with van der Waals surface area (Å²) in [7, 11) is 1.86. The Bertz CT molecular complexity index is 130. The molecule has 0 saturated heterocycles. The summed E-state index contributed by atoms with van der Waals surface area (Å²) in [6.07, 6.45) is 6.20. The molecule has 0 aromatic carbocycles. The maximum atomic E-state index is 5.38. The molecule has 0 bridgehead atoms. The second-order valence-electron chi connectivity index (χ2n) is 4.43. The Balaban J connectivity index is 1.93. The van der Waals surface area contributed by atoms with Crippen molar-refractivity contribution in [3.63, 3.8) is 0 Å². The van der Waals surface area contributed by atoms with Gasteiger partial charge in [0.2, 0.25) is 0 Å². The monoisotopic (exact) mass is 154 g/mol. The minimum absolute atomic E-state index is 0.595. The molecule has 2 aliphatic rings. The highest BCUT2D eigenvalue weighted by atomic mass is 16.5. The standard InChI is InChI=1S/C10H18O/c1-7-3-8-5-10(11-2)6-9(8)4-7/h7-10H,3-6H2,1-2H3/t7-,8?,9?,10+. The molecule has 2 unspecified atom stereocenters. The van der Waals surface area contributed by atoms with Gasteiger partial charge in [-0.15, -0.1) is 0 Å². The number of hydrogen-bond acceptors (Lipinski definition) is 1. The normalized spacial score (nSPS) is 49.6. The van der Waals surface area contributed by atoms with Crippen LogP contribution in [0.25, 0.3) is 0 Å². The number of fused-ring (bicyclic) bond motifs is 1. The molecule has 2 fully saturated rings. The lowest BCUT2D eigenvalue weighted by atomic mass is 10.0. The third kappa shape index (κ3) is 1.31.